The third-order valence-electron chi connectivity index (χ3n) is 1.92. The van der Waals surface area contributed by atoms with Crippen LogP contribution in [0.1, 0.15) is 38.7 Å². The third-order valence-corrected chi connectivity index (χ3v) is 1.92. The SMILES string of the molecule is CC.COc1ncccc1C(C)CC#N. The summed E-state index contributed by atoms with van der Waals surface area (Å²) in [4.78, 5) is 4.07. The smallest absolute Gasteiger partial charge is 0.216 e. The van der Waals surface area contributed by atoms with E-state index in [-0.39, 0.29) is 5.92 Å². The number of methoxy groups -OCH3 is 1. The van der Waals surface area contributed by atoms with Gasteiger partial charge in [0.05, 0.1) is 13.2 Å². The van der Waals surface area contributed by atoms with Crippen LogP contribution in [0.2, 0.25) is 0 Å². The number of aromatic nitrogens is 1. The lowest BCUT2D eigenvalue weighted by Gasteiger charge is -2.10. The third kappa shape index (κ3) is 3.99. The fraction of sp³-hybridized carbons (Fsp3) is 0.500. The molecule has 0 amide bonds. The summed E-state index contributed by atoms with van der Waals surface area (Å²) in [5.74, 6) is 0.791. The van der Waals surface area contributed by atoms with Crippen molar-refractivity contribution in [2.45, 2.75) is 33.1 Å². The number of hydrogen-bond acceptors (Lipinski definition) is 3. The van der Waals surface area contributed by atoms with Crippen LogP contribution in [0.3, 0.4) is 0 Å². The van der Waals surface area contributed by atoms with Gasteiger partial charge in [-0.15, -0.1) is 0 Å². The van der Waals surface area contributed by atoms with Gasteiger partial charge in [-0.3, -0.25) is 0 Å². The summed E-state index contributed by atoms with van der Waals surface area (Å²) in [6.07, 6.45) is 2.17. The van der Waals surface area contributed by atoms with Crippen LogP contribution in [-0.2, 0) is 0 Å². The van der Waals surface area contributed by atoms with Gasteiger partial charge in [0.15, 0.2) is 0 Å². The zero-order valence-electron chi connectivity index (χ0n) is 9.82. The molecule has 0 aliphatic rings. The number of pyridine rings is 1. The van der Waals surface area contributed by atoms with Crippen molar-refractivity contribution in [2.75, 3.05) is 7.11 Å². The van der Waals surface area contributed by atoms with Crippen LogP contribution in [0.15, 0.2) is 18.3 Å². The molecule has 3 nitrogen and oxygen atoms in total. The highest BCUT2D eigenvalue weighted by atomic mass is 16.5. The lowest BCUT2D eigenvalue weighted by atomic mass is 10.00. The van der Waals surface area contributed by atoms with Crippen LogP contribution in [0.4, 0.5) is 0 Å². The van der Waals surface area contributed by atoms with Gasteiger partial charge >= 0.3 is 0 Å². The van der Waals surface area contributed by atoms with Crippen LogP contribution in [-0.4, -0.2) is 12.1 Å². The average molecular weight is 206 g/mol. The van der Waals surface area contributed by atoms with E-state index in [1.165, 1.54) is 0 Å². The minimum atomic E-state index is 0.175. The largest absolute Gasteiger partial charge is 0.481 e. The minimum Gasteiger partial charge on any atom is -0.481 e. The summed E-state index contributed by atoms with van der Waals surface area (Å²) in [6, 6.07) is 5.93. The molecule has 1 atom stereocenters. The number of rotatable bonds is 3. The summed E-state index contributed by atoms with van der Waals surface area (Å²) in [6.45, 7) is 5.99. The zero-order chi connectivity index (χ0) is 11.7. The first-order chi connectivity index (χ1) is 7.29. The Morgan fingerprint density at radius 2 is 2.20 bits per heavy atom. The highest BCUT2D eigenvalue weighted by Crippen LogP contribution is 2.25. The Labute approximate surface area is 91.7 Å². The lowest BCUT2D eigenvalue weighted by Crippen LogP contribution is -1.98. The van der Waals surface area contributed by atoms with Crippen LogP contribution in [0, 0.1) is 11.3 Å². The Kier molecular flexibility index (Phi) is 7.00. The van der Waals surface area contributed by atoms with E-state index in [9.17, 15) is 0 Å². The monoisotopic (exact) mass is 206 g/mol. The molecule has 0 spiro atoms. The second-order valence-electron chi connectivity index (χ2n) is 2.87. The number of ether oxygens (including phenoxy) is 1. The Hall–Kier alpha value is -1.56. The van der Waals surface area contributed by atoms with Crippen molar-refractivity contribution < 1.29 is 4.74 Å². The summed E-state index contributed by atoms with van der Waals surface area (Å²) in [5.41, 5.74) is 0.992. The minimum absolute atomic E-state index is 0.175. The molecule has 82 valence electrons. The van der Waals surface area contributed by atoms with Crippen molar-refractivity contribution in [3.05, 3.63) is 23.9 Å². The van der Waals surface area contributed by atoms with Gasteiger partial charge in [0, 0.05) is 18.2 Å². The number of hydrogen-bond donors (Lipinski definition) is 0. The van der Waals surface area contributed by atoms with E-state index in [0.29, 0.717) is 12.3 Å². The lowest BCUT2D eigenvalue weighted by molar-refractivity contribution is 0.389. The van der Waals surface area contributed by atoms with Crippen molar-refractivity contribution >= 4 is 0 Å². The highest BCUT2D eigenvalue weighted by Gasteiger charge is 2.10. The Bertz CT molecular complexity index is 318. The highest BCUT2D eigenvalue weighted by molar-refractivity contribution is 5.29. The molecule has 1 unspecified atom stereocenters. The molecule has 0 aliphatic heterocycles. The van der Waals surface area contributed by atoms with Crippen molar-refractivity contribution in [3.8, 4) is 11.9 Å². The summed E-state index contributed by atoms with van der Waals surface area (Å²) in [5, 5.41) is 8.55. The molecule has 1 aromatic rings. The molecule has 1 rings (SSSR count). The van der Waals surface area contributed by atoms with Gasteiger partial charge in [0.2, 0.25) is 5.88 Å². The molecule has 1 heterocycles. The van der Waals surface area contributed by atoms with Gasteiger partial charge < -0.3 is 4.74 Å². The second-order valence-corrected chi connectivity index (χ2v) is 2.87. The molecule has 0 fully saturated rings. The van der Waals surface area contributed by atoms with E-state index < -0.39 is 0 Å². The molecule has 3 heteroatoms. The molecular formula is C12H18N2O. The molecule has 0 radical (unpaired) electrons. The first-order valence-corrected chi connectivity index (χ1v) is 5.15. The molecular weight excluding hydrogens is 188 g/mol. The first kappa shape index (κ1) is 13.4. The number of nitrogens with zero attached hydrogens (tertiary/aromatic N) is 2. The summed E-state index contributed by atoms with van der Waals surface area (Å²) in [7, 11) is 1.59. The van der Waals surface area contributed by atoms with Crippen molar-refractivity contribution in [2.24, 2.45) is 0 Å². The van der Waals surface area contributed by atoms with Gasteiger partial charge in [0.1, 0.15) is 0 Å². The van der Waals surface area contributed by atoms with Gasteiger partial charge in [-0.25, -0.2) is 4.98 Å². The molecule has 0 bridgehead atoms. The van der Waals surface area contributed by atoms with Gasteiger partial charge in [-0.2, -0.15) is 5.26 Å². The van der Waals surface area contributed by atoms with E-state index in [4.69, 9.17) is 10.00 Å². The quantitative estimate of drug-likeness (QED) is 0.763. The number of nitriles is 1. The maximum atomic E-state index is 8.55. The standard InChI is InChI=1S/C10H12N2O.C2H6/c1-8(5-6-11)9-4-3-7-12-10(9)13-2;1-2/h3-4,7-8H,5H2,1-2H3;1-2H3. The van der Waals surface area contributed by atoms with E-state index in [1.54, 1.807) is 13.3 Å². The summed E-state index contributed by atoms with van der Waals surface area (Å²) >= 11 is 0. The molecule has 1 aromatic heterocycles. The maximum Gasteiger partial charge on any atom is 0.216 e. The van der Waals surface area contributed by atoms with Crippen molar-refractivity contribution in [3.63, 3.8) is 0 Å². The average Bonchev–Trinajstić information content (AvgIpc) is 2.32. The molecule has 15 heavy (non-hydrogen) atoms. The summed E-state index contributed by atoms with van der Waals surface area (Å²) < 4.78 is 5.09. The Balaban J connectivity index is 0.000000921. The van der Waals surface area contributed by atoms with Gasteiger partial charge in [-0.05, 0) is 12.0 Å². The second kappa shape index (κ2) is 7.81. The predicted molar refractivity (Wildman–Crippen MR) is 60.8 cm³/mol. The molecule has 0 saturated carbocycles. The Morgan fingerprint density at radius 1 is 1.53 bits per heavy atom. The van der Waals surface area contributed by atoms with Crippen LogP contribution < -0.4 is 4.74 Å². The molecule has 0 N–H and O–H groups in total. The topological polar surface area (TPSA) is 45.9 Å². The predicted octanol–water partition coefficient (Wildman–Crippen LogP) is 3.13. The van der Waals surface area contributed by atoms with Gasteiger partial charge in [-0.1, -0.05) is 26.8 Å². The zero-order valence-corrected chi connectivity index (χ0v) is 9.82. The first-order valence-electron chi connectivity index (χ1n) is 5.15. The molecule has 0 aromatic carbocycles. The maximum absolute atomic E-state index is 8.55. The van der Waals surface area contributed by atoms with Crippen LogP contribution >= 0.6 is 0 Å². The fourth-order valence-electron chi connectivity index (χ4n) is 1.20. The van der Waals surface area contributed by atoms with E-state index in [2.05, 4.69) is 11.1 Å². The van der Waals surface area contributed by atoms with Crippen molar-refractivity contribution in [1.29, 1.82) is 5.26 Å². The van der Waals surface area contributed by atoms with Gasteiger partial charge in [0.25, 0.3) is 0 Å². The molecule has 0 aliphatic carbocycles. The van der Waals surface area contributed by atoms with E-state index in [1.807, 2.05) is 32.9 Å². The van der Waals surface area contributed by atoms with Crippen LogP contribution in [0.25, 0.3) is 0 Å². The Morgan fingerprint density at radius 3 is 2.73 bits per heavy atom. The normalized spacial score (nSPS) is 10.6. The van der Waals surface area contributed by atoms with E-state index in [0.717, 1.165) is 5.56 Å². The van der Waals surface area contributed by atoms with Crippen LogP contribution in [0.5, 0.6) is 5.88 Å². The van der Waals surface area contributed by atoms with E-state index >= 15 is 0 Å². The van der Waals surface area contributed by atoms with Crippen molar-refractivity contribution in [1.82, 2.24) is 4.98 Å². The fourth-order valence-corrected chi connectivity index (χ4v) is 1.20. The molecule has 0 saturated heterocycles.